The van der Waals surface area contributed by atoms with Crippen molar-refractivity contribution in [1.82, 2.24) is 34.8 Å². The zero-order valence-electron chi connectivity index (χ0n) is 16.5. The lowest BCUT2D eigenvalue weighted by Gasteiger charge is -2.16. The van der Waals surface area contributed by atoms with E-state index < -0.39 is 0 Å². The van der Waals surface area contributed by atoms with Crippen molar-refractivity contribution in [1.29, 1.82) is 0 Å². The maximum absolute atomic E-state index is 13.4. The van der Waals surface area contributed by atoms with Crippen molar-refractivity contribution in [2.75, 3.05) is 12.5 Å². The first kappa shape index (κ1) is 20.9. The highest BCUT2D eigenvalue weighted by atomic mass is 35.5. The molecular formula is C19H23ClFN7O. The van der Waals surface area contributed by atoms with E-state index in [2.05, 4.69) is 20.6 Å². The van der Waals surface area contributed by atoms with Gasteiger partial charge in [-0.3, -0.25) is 9.47 Å². The molecule has 1 aromatic carbocycles. The van der Waals surface area contributed by atoms with Crippen molar-refractivity contribution in [3.8, 4) is 17.2 Å². The number of hydrogen-bond acceptors (Lipinski definition) is 5. The average molecular weight is 420 g/mol. The molecule has 2 aromatic heterocycles. The van der Waals surface area contributed by atoms with Crippen LogP contribution < -0.4 is 5.32 Å². The molecule has 0 bridgehead atoms. The topological polar surface area (TPSA) is 80.9 Å². The van der Waals surface area contributed by atoms with E-state index in [4.69, 9.17) is 11.6 Å². The fourth-order valence-corrected chi connectivity index (χ4v) is 3.00. The maximum atomic E-state index is 13.4. The molecule has 3 rings (SSSR count). The van der Waals surface area contributed by atoms with Gasteiger partial charge in [-0.25, -0.2) is 9.18 Å². The number of nitrogens with one attached hydrogen (secondary N) is 1. The Balaban J connectivity index is 2.04. The summed E-state index contributed by atoms with van der Waals surface area (Å²) in [5.41, 5.74) is 0.681. The minimum atomic E-state index is -0.339. The molecule has 154 valence electrons. The lowest BCUT2D eigenvalue weighted by Crippen LogP contribution is -2.34. The van der Waals surface area contributed by atoms with E-state index in [0.717, 1.165) is 6.54 Å². The van der Waals surface area contributed by atoms with Crippen LogP contribution in [0.1, 0.15) is 26.6 Å². The molecule has 1 amide bonds. The fraction of sp³-hybridized carbons (Fsp3) is 0.368. The number of nitrogens with zero attached hydrogens (tertiary/aromatic N) is 6. The number of amides is 1. The Bertz CT molecular complexity index is 963. The van der Waals surface area contributed by atoms with Gasteiger partial charge < -0.3 is 5.32 Å². The summed E-state index contributed by atoms with van der Waals surface area (Å²) in [6, 6.07) is 7.66. The van der Waals surface area contributed by atoms with E-state index in [1.165, 1.54) is 16.8 Å². The molecule has 0 aliphatic carbocycles. The van der Waals surface area contributed by atoms with Gasteiger partial charge in [0.1, 0.15) is 5.82 Å². The first-order valence-electron chi connectivity index (χ1n) is 9.28. The number of rotatable bonds is 7. The normalized spacial score (nSPS) is 11.4. The van der Waals surface area contributed by atoms with Gasteiger partial charge in [-0.05, 0) is 44.7 Å². The third kappa shape index (κ3) is 4.80. The number of carbonyl (C=O) groups excluding carboxylic acids is 1. The minimum absolute atomic E-state index is 0.0165. The highest BCUT2D eigenvalue weighted by molar-refractivity contribution is 6.17. The molecular weight excluding hydrogens is 397 g/mol. The van der Waals surface area contributed by atoms with Crippen molar-refractivity contribution in [2.45, 2.75) is 33.4 Å². The maximum Gasteiger partial charge on any atom is 0.342 e. The van der Waals surface area contributed by atoms with Crippen LogP contribution in [0.25, 0.3) is 17.2 Å². The molecule has 0 spiro atoms. The van der Waals surface area contributed by atoms with Gasteiger partial charge in [-0.15, -0.1) is 26.9 Å². The standard InChI is InChI=1S/C19H23ClFN7O/c1-4-26(12-20)11-17-23-24-18(14-5-7-15(21)8-6-14)28(17)16-9-10-27(25-16)19(29)22-13(2)3/h5-10,13H,4,11-12H2,1-3H3,(H,22,29). The molecule has 0 unspecified atom stereocenters. The van der Waals surface area contributed by atoms with Gasteiger partial charge in [-0.2, -0.15) is 4.68 Å². The third-order valence-corrected chi connectivity index (χ3v) is 4.58. The molecule has 0 aliphatic heterocycles. The molecule has 0 fully saturated rings. The van der Waals surface area contributed by atoms with Gasteiger partial charge >= 0.3 is 6.03 Å². The zero-order chi connectivity index (χ0) is 21.0. The molecule has 0 saturated carbocycles. The summed E-state index contributed by atoms with van der Waals surface area (Å²) in [5, 5.41) is 15.8. The van der Waals surface area contributed by atoms with Crippen LogP contribution in [0.5, 0.6) is 0 Å². The smallest absolute Gasteiger partial charge is 0.334 e. The molecule has 0 saturated heterocycles. The molecule has 2 heterocycles. The number of aromatic nitrogens is 5. The van der Waals surface area contributed by atoms with Crippen LogP contribution in [0, 0.1) is 5.82 Å². The van der Waals surface area contributed by atoms with E-state index >= 15 is 0 Å². The molecule has 10 heteroatoms. The van der Waals surface area contributed by atoms with Crippen LogP contribution in [-0.2, 0) is 6.54 Å². The van der Waals surface area contributed by atoms with Gasteiger partial charge in [0.2, 0.25) is 0 Å². The molecule has 1 N–H and O–H groups in total. The van der Waals surface area contributed by atoms with Gasteiger partial charge in [-0.1, -0.05) is 6.92 Å². The second-order valence-electron chi connectivity index (χ2n) is 6.77. The number of halogens is 2. The molecule has 8 nitrogen and oxygen atoms in total. The lowest BCUT2D eigenvalue weighted by atomic mass is 10.2. The SMILES string of the molecule is CCN(CCl)Cc1nnc(-c2ccc(F)cc2)n1-c1ccn(C(=O)NC(C)C)n1. The largest absolute Gasteiger partial charge is 0.342 e. The summed E-state index contributed by atoms with van der Waals surface area (Å²) >= 11 is 6.01. The monoisotopic (exact) mass is 419 g/mol. The minimum Gasteiger partial charge on any atom is -0.334 e. The van der Waals surface area contributed by atoms with Crippen molar-refractivity contribution in [3.63, 3.8) is 0 Å². The molecule has 3 aromatic rings. The van der Waals surface area contributed by atoms with Crippen LogP contribution in [0.4, 0.5) is 9.18 Å². The van der Waals surface area contributed by atoms with Gasteiger partial charge in [0, 0.05) is 23.9 Å². The van der Waals surface area contributed by atoms with Crippen LogP contribution >= 0.6 is 11.6 Å². The van der Waals surface area contributed by atoms with Crippen molar-refractivity contribution in [3.05, 3.63) is 48.2 Å². The fourth-order valence-electron chi connectivity index (χ4n) is 2.74. The van der Waals surface area contributed by atoms with E-state index in [9.17, 15) is 9.18 Å². The van der Waals surface area contributed by atoms with Crippen LogP contribution in [0.2, 0.25) is 0 Å². The lowest BCUT2D eigenvalue weighted by molar-refractivity contribution is 0.237. The first-order chi connectivity index (χ1) is 13.9. The summed E-state index contributed by atoms with van der Waals surface area (Å²) in [6.45, 7) is 6.92. The van der Waals surface area contributed by atoms with Crippen molar-refractivity contribution >= 4 is 17.6 Å². The van der Waals surface area contributed by atoms with Crippen molar-refractivity contribution in [2.24, 2.45) is 0 Å². The predicted molar refractivity (Wildman–Crippen MR) is 108 cm³/mol. The summed E-state index contributed by atoms with van der Waals surface area (Å²) in [7, 11) is 0. The van der Waals surface area contributed by atoms with E-state index in [1.54, 1.807) is 29.0 Å². The highest BCUT2D eigenvalue weighted by Gasteiger charge is 2.20. The van der Waals surface area contributed by atoms with Gasteiger partial charge in [0.05, 0.1) is 12.5 Å². The van der Waals surface area contributed by atoms with Crippen LogP contribution in [-0.4, -0.2) is 54.1 Å². The second-order valence-corrected chi connectivity index (χ2v) is 7.01. The quantitative estimate of drug-likeness (QED) is 0.469. The summed E-state index contributed by atoms with van der Waals surface area (Å²) < 4.78 is 16.3. The van der Waals surface area contributed by atoms with Gasteiger partial charge in [0.25, 0.3) is 0 Å². The Morgan fingerprint density at radius 2 is 1.97 bits per heavy atom. The predicted octanol–water partition coefficient (Wildman–Crippen LogP) is 3.25. The summed E-state index contributed by atoms with van der Waals surface area (Å²) in [5.74, 6) is 1.25. The third-order valence-electron chi connectivity index (χ3n) is 4.24. The van der Waals surface area contributed by atoms with E-state index in [1.807, 2.05) is 25.7 Å². The number of hydrogen-bond donors (Lipinski definition) is 1. The Morgan fingerprint density at radius 1 is 1.24 bits per heavy atom. The number of alkyl halides is 1. The van der Waals surface area contributed by atoms with Crippen molar-refractivity contribution < 1.29 is 9.18 Å². The van der Waals surface area contributed by atoms with Crippen LogP contribution in [0.15, 0.2) is 36.5 Å². The summed E-state index contributed by atoms with van der Waals surface area (Å²) in [4.78, 5) is 14.2. The van der Waals surface area contributed by atoms with E-state index in [-0.39, 0.29) is 17.9 Å². The summed E-state index contributed by atoms with van der Waals surface area (Å²) in [6.07, 6.45) is 1.57. The number of benzene rings is 1. The average Bonchev–Trinajstić information content (AvgIpc) is 3.33. The van der Waals surface area contributed by atoms with E-state index in [0.29, 0.717) is 35.6 Å². The number of carbonyl (C=O) groups is 1. The van der Waals surface area contributed by atoms with Gasteiger partial charge in [0.15, 0.2) is 17.5 Å². The second kappa shape index (κ2) is 9.15. The Morgan fingerprint density at radius 3 is 2.59 bits per heavy atom. The molecule has 0 aliphatic rings. The Kier molecular flexibility index (Phi) is 6.60. The Labute approximate surface area is 173 Å². The van der Waals surface area contributed by atoms with Crippen LogP contribution in [0.3, 0.4) is 0 Å². The first-order valence-corrected chi connectivity index (χ1v) is 9.81. The Hall–Kier alpha value is -2.78. The molecule has 29 heavy (non-hydrogen) atoms. The molecule has 0 atom stereocenters. The highest BCUT2D eigenvalue weighted by Crippen LogP contribution is 2.23. The zero-order valence-corrected chi connectivity index (χ0v) is 17.3. The molecule has 0 radical (unpaired) electrons.